The molecule has 1 heterocycles. The Labute approximate surface area is 112 Å². The molecule has 0 saturated carbocycles. The first-order valence-corrected chi connectivity index (χ1v) is 6.67. The SMILES string of the molecule is C[C@@H]1C(=O)C(C#N)=C[C@]2(C)c3nn(C)cc3CCC12. The minimum atomic E-state index is -0.284. The molecular formula is C15H17N3O. The van der Waals surface area contributed by atoms with Crippen molar-refractivity contribution >= 4 is 5.78 Å². The highest BCUT2D eigenvalue weighted by Crippen LogP contribution is 2.48. The summed E-state index contributed by atoms with van der Waals surface area (Å²) in [6.45, 7) is 4.06. The highest BCUT2D eigenvalue weighted by molar-refractivity contribution is 6.02. The smallest absolute Gasteiger partial charge is 0.176 e. The van der Waals surface area contributed by atoms with Crippen LogP contribution in [0.5, 0.6) is 0 Å². The highest BCUT2D eigenvalue weighted by Gasteiger charge is 2.49. The average molecular weight is 255 g/mol. The van der Waals surface area contributed by atoms with Crippen molar-refractivity contribution in [3.05, 3.63) is 29.1 Å². The molecule has 0 fully saturated rings. The van der Waals surface area contributed by atoms with E-state index in [0.29, 0.717) is 5.57 Å². The van der Waals surface area contributed by atoms with Crippen molar-refractivity contribution in [1.29, 1.82) is 5.26 Å². The van der Waals surface area contributed by atoms with Gasteiger partial charge in [-0.2, -0.15) is 10.4 Å². The number of ketones is 1. The summed E-state index contributed by atoms with van der Waals surface area (Å²) in [5, 5.41) is 13.8. The number of aryl methyl sites for hydroxylation is 2. The predicted molar refractivity (Wildman–Crippen MR) is 70.2 cm³/mol. The van der Waals surface area contributed by atoms with Crippen molar-refractivity contribution in [2.45, 2.75) is 32.1 Å². The highest BCUT2D eigenvalue weighted by atomic mass is 16.1. The van der Waals surface area contributed by atoms with E-state index in [9.17, 15) is 10.1 Å². The number of hydrogen-bond donors (Lipinski definition) is 0. The van der Waals surface area contributed by atoms with E-state index >= 15 is 0 Å². The molecule has 0 N–H and O–H groups in total. The van der Waals surface area contributed by atoms with Gasteiger partial charge < -0.3 is 0 Å². The third kappa shape index (κ3) is 1.51. The summed E-state index contributed by atoms with van der Waals surface area (Å²) in [6, 6.07) is 2.06. The van der Waals surface area contributed by atoms with Crippen LogP contribution in [0.25, 0.3) is 0 Å². The first-order valence-electron chi connectivity index (χ1n) is 6.67. The van der Waals surface area contributed by atoms with E-state index in [2.05, 4.69) is 24.3 Å². The van der Waals surface area contributed by atoms with Crippen molar-refractivity contribution in [1.82, 2.24) is 9.78 Å². The number of hydrogen-bond acceptors (Lipinski definition) is 3. The van der Waals surface area contributed by atoms with Crippen LogP contribution < -0.4 is 0 Å². The molecule has 1 aromatic heterocycles. The second-order valence-corrected chi connectivity index (χ2v) is 5.93. The second-order valence-electron chi connectivity index (χ2n) is 5.93. The van der Waals surface area contributed by atoms with Gasteiger partial charge in [0.15, 0.2) is 5.78 Å². The molecule has 2 aliphatic rings. The number of allylic oxidation sites excluding steroid dienone is 2. The van der Waals surface area contributed by atoms with Crippen LogP contribution >= 0.6 is 0 Å². The van der Waals surface area contributed by atoms with Gasteiger partial charge in [-0.1, -0.05) is 19.9 Å². The van der Waals surface area contributed by atoms with Crippen LogP contribution in [-0.2, 0) is 23.7 Å². The van der Waals surface area contributed by atoms with Gasteiger partial charge in [-0.05, 0) is 24.3 Å². The maximum absolute atomic E-state index is 12.2. The van der Waals surface area contributed by atoms with E-state index in [1.54, 1.807) is 0 Å². The van der Waals surface area contributed by atoms with E-state index in [4.69, 9.17) is 0 Å². The molecule has 3 atom stereocenters. The zero-order chi connectivity index (χ0) is 13.8. The Kier molecular flexibility index (Phi) is 2.43. The Morgan fingerprint density at radius 1 is 1.58 bits per heavy atom. The Bertz CT molecular complexity index is 634. The van der Waals surface area contributed by atoms with Gasteiger partial charge in [0.2, 0.25) is 0 Å². The molecule has 0 aliphatic heterocycles. The Hall–Kier alpha value is -1.89. The monoisotopic (exact) mass is 255 g/mol. The van der Waals surface area contributed by atoms with Crippen LogP contribution in [0.1, 0.15) is 31.5 Å². The molecule has 4 nitrogen and oxygen atoms in total. The molecule has 0 amide bonds. The normalized spacial score (nSPS) is 33.2. The molecule has 19 heavy (non-hydrogen) atoms. The summed E-state index contributed by atoms with van der Waals surface area (Å²) in [4.78, 5) is 12.2. The Balaban J connectivity index is 2.23. The van der Waals surface area contributed by atoms with Gasteiger partial charge in [0.25, 0.3) is 0 Å². The summed E-state index contributed by atoms with van der Waals surface area (Å²) < 4.78 is 1.83. The molecule has 0 spiro atoms. The Morgan fingerprint density at radius 3 is 3.00 bits per heavy atom. The third-order valence-corrected chi connectivity index (χ3v) is 4.76. The number of carbonyl (C=O) groups excluding carboxylic acids is 1. The predicted octanol–water partition coefficient (Wildman–Crippen LogP) is 1.91. The zero-order valence-electron chi connectivity index (χ0n) is 11.5. The van der Waals surface area contributed by atoms with Gasteiger partial charge in [0.05, 0.1) is 11.3 Å². The molecule has 1 unspecified atom stereocenters. The number of aromatic nitrogens is 2. The van der Waals surface area contributed by atoms with E-state index in [1.165, 1.54) is 5.56 Å². The molecule has 4 heteroatoms. The first-order chi connectivity index (χ1) is 8.97. The molecule has 0 aromatic carbocycles. The van der Waals surface area contributed by atoms with Crippen molar-refractivity contribution in [2.75, 3.05) is 0 Å². The van der Waals surface area contributed by atoms with Gasteiger partial charge in [-0.15, -0.1) is 0 Å². The fourth-order valence-corrected chi connectivity index (χ4v) is 3.79. The maximum Gasteiger partial charge on any atom is 0.176 e. The van der Waals surface area contributed by atoms with Crippen LogP contribution in [0.15, 0.2) is 17.8 Å². The summed E-state index contributed by atoms with van der Waals surface area (Å²) >= 11 is 0. The van der Waals surface area contributed by atoms with Gasteiger partial charge in [0, 0.05) is 24.6 Å². The molecule has 2 aliphatic carbocycles. The molecule has 0 bridgehead atoms. The average Bonchev–Trinajstić information content (AvgIpc) is 2.76. The van der Waals surface area contributed by atoms with Crippen molar-refractivity contribution in [3.8, 4) is 6.07 Å². The number of rotatable bonds is 0. The standard InChI is InChI=1S/C15H17N3O/c1-9-12-5-4-10-8-18(3)17-14(10)15(12,2)6-11(7-16)13(9)19/h6,8-9,12H,4-5H2,1-3H3/t9-,12?,15-/m0/s1. The van der Waals surface area contributed by atoms with Crippen molar-refractivity contribution in [3.63, 3.8) is 0 Å². The van der Waals surface area contributed by atoms with Gasteiger partial charge >= 0.3 is 0 Å². The zero-order valence-corrected chi connectivity index (χ0v) is 11.5. The quantitative estimate of drug-likeness (QED) is 0.711. The molecule has 98 valence electrons. The topological polar surface area (TPSA) is 58.7 Å². The van der Waals surface area contributed by atoms with Gasteiger partial charge in [-0.25, -0.2) is 0 Å². The minimum Gasteiger partial charge on any atom is -0.293 e. The van der Waals surface area contributed by atoms with E-state index in [-0.39, 0.29) is 23.0 Å². The van der Waals surface area contributed by atoms with Crippen LogP contribution in [0.4, 0.5) is 0 Å². The van der Waals surface area contributed by atoms with Crippen LogP contribution in [-0.4, -0.2) is 15.6 Å². The molecule has 0 saturated heterocycles. The summed E-state index contributed by atoms with van der Waals surface area (Å²) in [5.41, 5.74) is 2.30. The number of Topliss-reactive ketones (excluding diaryl/α,β-unsaturated/α-hetero) is 1. The second kappa shape index (κ2) is 3.80. The van der Waals surface area contributed by atoms with Gasteiger partial charge in [-0.3, -0.25) is 9.48 Å². The lowest BCUT2D eigenvalue weighted by Gasteiger charge is -2.44. The van der Waals surface area contributed by atoms with Crippen molar-refractivity contribution < 1.29 is 4.79 Å². The van der Waals surface area contributed by atoms with E-state index < -0.39 is 0 Å². The summed E-state index contributed by atoms with van der Waals surface area (Å²) in [6.07, 6.45) is 5.86. The van der Waals surface area contributed by atoms with Gasteiger partial charge in [0.1, 0.15) is 6.07 Å². The van der Waals surface area contributed by atoms with E-state index in [0.717, 1.165) is 18.5 Å². The largest absolute Gasteiger partial charge is 0.293 e. The maximum atomic E-state index is 12.2. The lowest BCUT2D eigenvalue weighted by Crippen LogP contribution is -2.45. The number of nitriles is 1. The molecule has 3 rings (SSSR count). The fraction of sp³-hybridized carbons (Fsp3) is 0.533. The van der Waals surface area contributed by atoms with Crippen LogP contribution in [0, 0.1) is 23.2 Å². The first kappa shape index (κ1) is 12.2. The van der Waals surface area contributed by atoms with Crippen molar-refractivity contribution in [2.24, 2.45) is 18.9 Å². The fourth-order valence-electron chi connectivity index (χ4n) is 3.79. The lowest BCUT2D eigenvalue weighted by molar-refractivity contribution is -0.121. The minimum absolute atomic E-state index is 0.00986. The molecule has 0 radical (unpaired) electrons. The molecule has 1 aromatic rings. The van der Waals surface area contributed by atoms with Crippen LogP contribution in [0.3, 0.4) is 0 Å². The summed E-state index contributed by atoms with van der Waals surface area (Å²) in [5.74, 6) is 0.142. The molecular weight excluding hydrogens is 238 g/mol. The van der Waals surface area contributed by atoms with Crippen LogP contribution in [0.2, 0.25) is 0 Å². The number of nitrogens with zero attached hydrogens (tertiary/aromatic N) is 3. The summed E-state index contributed by atoms with van der Waals surface area (Å²) in [7, 11) is 1.92. The third-order valence-electron chi connectivity index (χ3n) is 4.76. The lowest BCUT2D eigenvalue weighted by atomic mass is 9.58. The van der Waals surface area contributed by atoms with E-state index in [1.807, 2.05) is 24.7 Å². The Morgan fingerprint density at radius 2 is 2.32 bits per heavy atom. The number of carbonyl (C=O) groups is 1. The number of fused-ring (bicyclic) bond motifs is 3.